The van der Waals surface area contributed by atoms with Gasteiger partial charge in [-0.2, -0.15) is 9.97 Å². The molecule has 3 aromatic rings. The van der Waals surface area contributed by atoms with Gasteiger partial charge in [-0.25, -0.2) is 9.97 Å². The average molecular weight is 354 g/mol. The molecule has 0 bridgehead atoms. The fraction of sp³-hybridized carbons (Fsp3) is 0.412. The average Bonchev–Trinajstić information content (AvgIpc) is 3.28. The van der Waals surface area contributed by atoms with Gasteiger partial charge in [-0.1, -0.05) is 0 Å². The summed E-state index contributed by atoms with van der Waals surface area (Å²) in [6.45, 7) is 1.48. The monoisotopic (exact) mass is 354 g/mol. The minimum Gasteiger partial charge on any atom is -0.377 e. The predicted octanol–water partition coefficient (Wildman–Crippen LogP) is 1.13. The molecule has 26 heavy (non-hydrogen) atoms. The Morgan fingerprint density at radius 3 is 2.92 bits per heavy atom. The van der Waals surface area contributed by atoms with E-state index in [2.05, 4.69) is 35.1 Å². The van der Waals surface area contributed by atoms with Crippen LogP contribution in [-0.4, -0.2) is 71.4 Å². The van der Waals surface area contributed by atoms with E-state index in [1.165, 1.54) is 0 Å². The largest absolute Gasteiger partial charge is 0.377 e. The molecule has 0 radical (unpaired) electrons. The van der Waals surface area contributed by atoms with E-state index < -0.39 is 0 Å². The maximum atomic E-state index is 5.68. The third-order valence-electron chi connectivity index (χ3n) is 4.54. The highest BCUT2D eigenvalue weighted by atomic mass is 16.5. The van der Waals surface area contributed by atoms with Gasteiger partial charge in [0.1, 0.15) is 11.5 Å². The van der Waals surface area contributed by atoms with Crippen molar-refractivity contribution in [1.29, 1.82) is 0 Å². The number of hydrogen-bond acceptors (Lipinski definition) is 8. The zero-order valence-corrected chi connectivity index (χ0v) is 15.0. The lowest BCUT2D eigenvalue weighted by atomic mass is 10.2. The van der Waals surface area contributed by atoms with Crippen molar-refractivity contribution in [3.63, 3.8) is 0 Å². The van der Waals surface area contributed by atoms with E-state index in [9.17, 15) is 0 Å². The van der Waals surface area contributed by atoms with Crippen LogP contribution in [0.1, 0.15) is 0 Å². The molecule has 2 atom stereocenters. The van der Waals surface area contributed by atoms with Crippen molar-refractivity contribution >= 4 is 28.7 Å². The molecular formula is C17H22N8O. The number of aromatic amines is 1. The van der Waals surface area contributed by atoms with Crippen molar-refractivity contribution in [2.45, 2.75) is 12.1 Å². The normalized spacial score (nSPS) is 19.9. The van der Waals surface area contributed by atoms with Gasteiger partial charge in [-0.3, -0.25) is 0 Å². The van der Waals surface area contributed by atoms with Gasteiger partial charge in [0.25, 0.3) is 0 Å². The highest BCUT2D eigenvalue weighted by Crippen LogP contribution is 2.23. The third-order valence-corrected chi connectivity index (χ3v) is 4.54. The molecule has 0 amide bonds. The fourth-order valence-corrected chi connectivity index (χ4v) is 3.14. The minimum absolute atomic E-state index is 0.00992. The number of aromatic nitrogens is 5. The minimum atomic E-state index is 0.00992. The molecule has 4 rings (SSSR count). The van der Waals surface area contributed by atoms with Gasteiger partial charge in [0.2, 0.25) is 11.9 Å². The first-order chi connectivity index (χ1) is 12.6. The van der Waals surface area contributed by atoms with Crippen LogP contribution >= 0.6 is 0 Å². The van der Waals surface area contributed by atoms with Crippen LogP contribution in [0, 0.1) is 0 Å². The van der Waals surface area contributed by atoms with E-state index >= 15 is 0 Å². The highest BCUT2D eigenvalue weighted by Gasteiger charge is 2.34. The van der Waals surface area contributed by atoms with Gasteiger partial charge in [-0.05, 0) is 12.1 Å². The second kappa shape index (κ2) is 6.75. The number of nitrogens with zero attached hydrogens (tertiary/aromatic N) is 6. The van der Waals surface area contributed by atoms with E-state index in [1.807, 2.05) is 43.5 Å². The summed E-state index contributed by atoms with van der Waals surface area (Å²) < 4.78 is 5.68. The molecule has 1 saturated heterocycles. The lowest BCUT2D eigenvalue weighted by Gasteiger charge is -2.19. The van der Waals surface area contributed by atoms with Gasteiger partial charge in [0, 0.05) is 58.3 Å². The number of H-pyrrole nitrogens is 1. The van der Waals surface area contributed by atoms with Crippen LogP contribution in [-0.2, 0) is 4.74 Å². The molecule has 9 nitrogen and oxygen atoms in total. The summed E-state index contributed by atoms with van der Waals surface area (Å²) >= 11 is 0. The van der Waals surface area contributed by atoms with Crippen LogP contribution in [0.5, 0.6) is 0 Å². The molecule has 0 spiro atoms. The topological polar surface area (TPSA) is 95.1 Å². The van der Waals surface area contributed by atoms with E-state index in [0.29, 0.717) is 11.9 Å². The van der Waals surface area contributed by atoms with Gasteiger partial charge in [0.15, 0.2) is 0 Å². The van der Waals surface area contributed by atoms with Crippen LogP contribution in [0.3, 0.4) is 0 Å². The van der Waals surface area contributed by atoms with Crippen molar-refractivity contribution in [1.82, 2.24) is 24.9 Å². The molecule has 1 aliphatic heterocycles. The Morgan fingerprint density at radius 1 is 1.23 bits per heavy atom. The number of methoxy groups -OCH3 is 1. The lowest BCUT2D eigenvalue weighted by Crippen LogP contribution is -2.34. The Balaban J connectivity index is 1.52. The van der Waals surface area contributed by atoms with Crippen LogP contribution in [0.25, 0.3) is 11.0 Å². The standard InChI is InChI=1S/C17H22N8O/c1-24(2)17-19-7-5-14(22-17)25-9-12(13(10-25)26-3)21-16-20-8-11-4-6-18-15(11)23-16/h4-8,12-13H,9-10H2,1-3H3,(H2,18,20,21,23)/t12-,13+/m0/s1. The van der Waals surface area contributed by atoms with Crippen LogP contribution in [0.4, 0.5) is 17.7 Å². The van der Waals surface area contributed by atoms with Gasteiger partial charge < -0.3 is 24.8 Å². The Hall–Kier alpha value is -2.94. The molecule has 2 N–H and O–H groups in total. The molecule has 0 aliphatic carbocycles. The molecule has 0 saturated carbocycles. The summed E-state index contributed by atoms with van der Waals surface area (Å²) in [4.78, 5) is 25.0. The Bertz CT molecular complexity index is 895. The van der Waals surface area contributed by atoms with Crippen molar-refractivity contribution in [3.05, 3.63) is 30.7 Å². The van der Waals surface area contributed by atoms with Crippen molar-refractivity contribution in [3.8, 4) is 0 Å². The first-order valence-corrected chi connectivity index (χ1v) is 8.49. The third kappa shape index (κ3) is 3.13. The maximum absolute atomic E-state index is 5.68. The number of anilines is 3. The molecule has 136 valence electrons. The van der Waals surface area contributed by atoms with Crippen LogP contribution in [0.15, 0.2) is 30.7 Å². The number of rotatable bonds is 5. The quantitative estimate of drug-likeness (QED) is 0.704. The Labute approximate surface area is 151 Å². The molecule has 1 fully saturated rings. The summed E-state index contributed by atoms with van der Waals surface area (Å²) in [5.41, 5.74) is 0.817. The highest BCUT2D eigenvalue weighted by molar-refractivity contribution is 5.75. The second-order valence-electron chi connectivity index (χ2n) is 6.51. The zero-order chi connectivity index (χ0) is 18.1. The molecule has 3 aromatic heterocycles. The number of ether oxygens (including phenoxy) is 1. The molecule has 0 aromatic carbocycles. The van der Waals surface area contributed by atoms with E-state index in [1.54, 1.807) is 13.3 Å². The predicted molar refractivity (Wildman–Crippen MR) is 101 cm³/mol. The molecule has 0 unspecified atom stereocenters. The Morgan fingerprint density at radius 2 is 2.12 bits per heavy atom. The summed E-state index contributed by atoms with van der Waals surface area (Å²) in [5, 5.41) is 4.39. The van der Waals surface area contributed by atoms with E-state index in [4.69, 9.17) is 4.74 Å². The second-order valence-corrected chi connectivity index (χ2v) is 6.51. The van der Waals surface area contributed by atoms with E-state index in [0.717, 1.165) is 29.9 Å². The Kier molecular flexibility index (Phi) is 4.29. The zero-order valence-electron chi connectivity index (χ0n) is 15.0. The van der Waals surface area contributed by atoms with Crippen LogP contribution in [0.2, 0.25) is 0 Å². The van der Waals surface area contributed by atoms with Crippen molar-refractivity contribution in [2.24, 2.45) is 0 Å². The fourth-order valence-electron chi connectivity index (χ4n) is 3.14. The van der Waals surface area contributed by atoms with Gasteiger partial charge in [0.05, 0.1) is 12.1 Å². The number of hydrogen-bond donors (Lipinski definition) is 2. The smallest absolute Gasteiger partial charge is 0.226 e. The summed E-state index contributed by atoms with van der Waals surface area (Å²) in [5.74, 6) is 2.16. The number of fused-ring (bicyclic) bond motifs is 1. The van der Waals surface area contributed by atoms with Gasteiger partial charge >= 0.3 is 0 Å². The summed E-state index contributed by atoms with van der Waals surface area (Å²) in [6.07, 6.45) is 5.46. The van der Waals surface area contributed by atoms with Crippen molar-refractivity contribution in [2.75, 3.05) is 49.4 Å². The lowest BCUT2D eigenvalue weighted by molar-refractivity contribution is 0.112. The molecular weight excluding hydrogens is 332 g/mol. The summed E-state index contributed by atoms with van der Waals surface area (Å²) in [6, 6.07) is 3.93. The SMILES string of the molecule is CO[C@@H]1CN(c2ccnc(N(C)C)n2)C[C@@H]1Nc1ncc2cc[nH]c2n1. The molecule has 4 heterocycles. The molecule has 9 heteroatoms. The van der Waals surface area contributed by atoms with Gasteiger partial charge in [-0.15, -0.1) is 0 Å². The van der Waals surface area contributed by atoms with Crippen molar-refractivity contribution < 1.29 is 4.74 Å². The first kappa shape index (κ1) is 16.5. The van der Waals surface area contributed by atoms with E-state index in [-0.39, 0.29) is 12.1 Å². The summed E-state index contributed by atoms with van der Waals surface area (Å²) in [7, 11) is 5.59. The first-order valence-electron chi connectivity index (χ1n) is 8.49. The number of nitrogens with one attached hydrogen (secondary N) is 2. The van der Waals surface area contributed by atoms with Crippen LogP contribution < -0.4 is 15.1 Å². The molecule has 1 aliphatic rings. The maximum Gasteiger partial charge on any atom is 0.226 e.